The first-order valence-electron chi connectivity index (χ1n) is 12.0. The SMILES string of the molecule is C[C@@H]1CCC[C@H](C)N1Cc1ccc(CCNC(=O)c2ccc(-c3ccc(Cl)cc3)cc2)cc1. The number of halogens is 1. The third-order valence-electron chi connectivity index (χ3n) is 6.79. The molecule has 0 aromatic heterocycles. The topological polar surface area (TPSA) is 32.3 Å². The number of rotatable bonds is 7. The number of piperidine rings is 1. The third kappa shape index (κ3) is 6.25. The van der Waals surface area contributed by atoms with Crippen LogP contribution in [0.15, 0.2) is 72.8 Å². The molecule has 3 aromatic rings. The molecule has 0 saturated carbocycles. The Morgan fingerprint density at radius 3 is 2.00 bits per heavy atom. The van der Waals surface area contributed by atoms with E-state index in [-0.39, 0.29) is 5.91 Å². The summed E-state index contributed by atoms with van der Waals surface area (Å²) in [5.74, 6) is -0.0395. The summed E-state index contributed by atoms with van der Waals surface area (Å²) in [6.45, 7) is 6.33. The van der Waals surface area contributed by atoms with Crippen molar-refractivity contribution < 1.29 is 4.79 Å². The zero-order chi connectivity index (χ0) is 23.2. The number of carbonyl (C=O) groups is 1. The van der Waals surface area contributed by atoms with Crippen LogP contribution in [0, 0.1) is 0 Å². The number of benzene rings is 3. The molecular weight excluding hydrogens is 428 g/mol. The van der Waals surface area contributed by atoms with Gasteiger partial charge in [0.1, 0.15) is 0 Å². The molecule has 0 spiro atoms. The number of nitrogens with one attached hydrogen (secondary N) is 1. The second kappa shape index (κ2) is 11.0. The van der Waals surface area contributed by atoms with Gasteiger partial charge in [-0.05, 0) is 79.6 Å². The van der Waals surface area contributed by atoms with Crippen molar-refractivity contribution in [2.24, 2.45) is 0 Å². The Balaban J connectivity index is 1.26. The fourth-order valence-electron chi connectivity index (χ4n) is 4.69. The molecule has 0 unspecified atom stereocenters. The van der Waals surface area contributed by atoms with E-state index in [2.05, 4.69) is 48.3 Å². The van der Waals surface area contributed by atoms with Crippen molar-refractivity contribution in [3.63, 3.8) is 0 Å². The fourth-order valence-corrected chi connectivity index (χ4v) is 4.81. The predicted octanol–water partition coefficient (Wildman–Crippen LogP) is 6.74. The fraction of sp³-hybridized carbons (Fsp3) is 0.345. The zero-order valence-electron chi connectivity index (χ0n) is 19.6. The first-order chi connectivity index (χ1) is 16.0. The van der Waals surface area contributed by atoms with Gasteiger partial charge >= 0.3 is 0 Å². The maximum atomic E-state index is 12.5. The van der Waals surface area contributed by atoms with E-state index in [1.54, 1.807) is 0 Å². The van der Waals surface area contributed by atoms with Gasteiger partial charge in [-0.1, -0.05) is 66.6 Å². The average molecular weight is 461 g/mol. The Hall–Kier alpha value is -2.62. The minimum Gasteiger partial charge on any atom is -0.352 e. The molecule has 2 atom stereocenters. The van der Waals surface area contributed by atoms with Crippen LogP contribution in [0.25, 0.3) is 11.1 Å². The monoisotopic (exact) mass is 460 g/mol. The zero-order valence-corrected chi connectivity index (χ0v) is 20.3. The Labute approximate surface area is 202 Å². The third-order valence-corrected chi connectivity index (χ3v) is 7.04. The molecule has 4 rings (SSSR count). The van der Waals surface area contributed by atoms with Crippen LogP contribution in [0.4, 0.5) is 0 Å². The molecule has 1 N–H and O–H groups in total. The van der Waals surface area contributed by atoms with Gasteiger partial charge in [0.25, 0.3) is 5.91 Å². The Bertz CT molecular complexity index is 1030. The van der Waals surface area contributed by atoms with Gasteiger partial charge in [0.2, 0.25) is 0 Å². The molecule has 0 bridgehead atoms. The van der Waals surface area contributed by atoms with E-state index >= 15 is 0 Å². The number of amides is 1. The number of nitrogens with zero attached hydrogens (tertiary/aromatic N) is 1. The molecule has 33 heavy (non-hydrogen) atoms. The van der Waals surface area contributed by atoms with Crippen molar-refractivity contribution in [1.82, 2.24) is 10.2 Å². The van der Waals surface area contributed by atoms with Gasteiger partial charge in [0.15, 0.2) is 0 Å². The van der Waals surface area contributed by atoms with E-state index in [0.29, 0.717) is 24.2 Å². The summed E-state index contributed by atoms with van der Waals surface area (Å²) in [6, 6.07) is 25.6. The molecule has 172 valence electrons. The van der Waals surface area contributed by atoms with E-state index in [1.165, 1.54) is 30.4 Å². The minimum atomic E-state index is -0.0395. The molecule has 1 aliphatic rings. The highest BCUT2D eigenvalue weighted by Crippen LogP contribution is 2.25. The number of hydrogen-bond donors (Lipinski definition) is 1. The Kier molecular flexibility index (Phi) is 7.85. The van der Waals surface area contributed by atoms with E-state index in [1.807, 2.05) is 48.5 Å². The summed E-state index contributed by atoms with van der Waals surface area (Å²) in [6.07, 6.45) is 4.76. The highest BCUT2D eigenvalue weighted by molar-refractivity contribution is 6.30. The lowest BCUT2D eigenvalue weighted by Gasteiger charge is -2.39. The molecule has 0 aliphatic carbocycles. The van der Waals surface area contributed by atoms with E-state index in [9.17, 15) is 4.79 Å². The largest absolute Gasteiger partial charge is 0.352 e. The molecule has 3 aromatic carbocycles. The van der Waals surface area contributed by atoms with Crippen LogP contribution in [-0.4, -0.2) is 29.4 Å². The van der Waals surface area contributed by atoms with Gasteiger partial charge in [-0.25, -0.2) is 0 Å². The number of likely N-dealkylation sites (tertiary alicyclic amines) is 1. The molecule has 4 heteroatoms. The van der Waals surface area contributed by atoms with Gasteiger partial charge in [-0.2, -0.15) is 0 Å². The summed E-state index contributed by atoms with van der Waals surface area (Å²) in [4.78, 5) is 15.2. The lowest BCUT2D eigenvalue weighted by atomic mass is 9.96. The maximum Gasteiger partial charge on any atom is 0.251 e. The van der Waals surface area contributed by atoms with Crippen LogP contribution >= 0.6 is 11.6 Å². The molecule has 0 radical (unpaired) electrons. The smallest absolute Gasteiger partial charge is 0.251 e. The van der Waals surface area contributed by atoms with Gasteiger partial charge in [0.05, 0.1) is 0 Å². The number of hydrogen-bond acceptors (Lipinski definition) is 2. The van der Waals surface area contributed by atoms with Crippen molar-refractivity contribution >= 4 is 17.5 Å². The Morgan fingerprint density at radius 2 is 1.39 bits per heavy atom. The summed E-state index contributed by atoms with van der Waals surface area (Å²) in [7, 11) is 0. The Morgan fingerprint density at radius 1 is 0.848 bits per heavy atom. The second-order valence-electron chi connectivity index (χ2n) is 9.21. The molecule has 1 aliphatic heterocycles. The van der Waals surface area contributed by atoms with Crippen molar-refractivity contribution in [2.45, 2.75) is 58.2 Å². The minimum absolute atomic E-state index is 0.0395. The van der Waals surface area contributed by atoms with E-state index in [0.717, 1.165) is 29.1 Å². The molecule has 1 fully saturated rings. The van der Waals surface area contributed by atoms with Crippen molar-refractivity contribution in [1.29, 1.82) is 0 Å². The summed E-state index contributed by atoms with van der Waals surface area (Å²) in [5.41, 5.74) is 5.43. The molecule has 1 amide bonds. The van der Waals surface area contributed by atoms with Crippen LogP contribution in [0.1, 0.15) is 54.6 Å². The molecule has 3 nitrogen and oxygen atoms in total. The maximum absolute atomic E-state index is 12.5. The van der Waals surface area contributed by atoms with Crippen LogP contribution in [-0.2, 0) is 13.0 Å². The summed E-state index contributed by atoms with van der Waals surface area (Å²) < 4.78 is 0. The second-order valence-corrected chi connectivity index (χ2v) is 9.64. The lowest BCUT2D eigenvalue weighted by molar-refractivity contribution is 0.0952. The molecule has 1 saturated heterocycles. The van der Waals surface area contributed by atoms with Crippen molar-refractivity contribution in [3.05, 3.63) is 94.5 Å². The van der Waals surface area contributed by atoms with Crippen LogP contribution in [0.2, 0.25) is 5.02 Å². The van der Waals surface area contributed by atoms with Crippen LogP contribution < -0.4 is 5.32 Å². The highest BCUT2D eigenvalue weighted by Gasteiger charge is 2.24. The predicted molar refractivity (Wildman–Crippen MR) is 138 cm³/mol. The van der Waals surface area contributed by atoms with Gasteiger partial charge in [0, 0.05) is 35.8 Å². The van der Waals surface area contributed by atoms with E-state index < -0.39 is 0 Å². The van der Waals surface area contributed by atoms with E-state index in [4.69, 9.17) is 11.6 Å². The molecule has 1 heterocycles. The van der Waals surface area contributed by atoms with Crippen molar-refractivity contribution in [2.75, 3.05) is 6.54 Å². The lowest BCUT2D eigenvalue weighted by Crippen LogP contribution is -2.42. The quantitative estimate of drug-likeness (QED) is 0.423. The normalized spacial score (nSPS) is 18.8. The van der Waals surface area contributed by atoms with Gasteiger partial charge < -0.3 is 5.32 Å². The summed E-state index contributed by atoms with van der Waals surface area (Å²) in [5, 5.41) is 3.76. The standard InChI is InChI=1S/C29H33ClN2O/c1-21-4-3-5-22(2)32(21)20-24-8-6-23(7-9-24)18-19-31-29(33)27-12-10-25(11-13-27)26-14-16-28(30)17-15-26/h6-17,21-22H,3-5,18-20H2,1-2H3,(H,31,33)/t21-,22+. The van der Waals surface area contributed by atoms with Crippen LogP contribution in [0.5, 0.6) is 0 Å². The van der Waals surface area contributed by atoms with Crippen molar-refractivity contribution in [3.8, 4) is 11.1 Å². The number of carbonyl (C=O) groups excluding carboxylic acids is 1. The highest BCUT2D eigenvalue weighted by atomic mass is 35.5. The molecular formula is C29H33ClN2O. The summed E-state index contributed by atoms with van der Waals surface area (Å²) >= 11 is 5.96. The first kappa shape index (κ1) is 23.5. The first-order valence-corrected chi connectivity index (χ1v) is 12.3. The van der Waals surface area contributed by atoms with Gasteiger partial charge in [-0.3, -0.25) is 9.69 Å². The van der Waals surface area contributed by atoms with Gasteiger partial charge in [-0.15, -0.1) is 0 Å². The van der Waals surface area contributed by atoms with Crippen LogP contribution in [0.3, 0.4) is 0 Å². The average Bonchev–Trinajstić information content (AvgIpc) is 2.83.